The van der Waals surface area contributed by atoms with Gasteiger partial charge in [0.25, 0.3) is 11.5 Å². The average Bonchev–Trinajstić information content (AvgIpc) is 2.49. The van der Waals surface area contributed by atoms with Crippen molar-refractivity contribution in [2.24, 2.45) is 0 Å². The molecule has 1 aromatic carbocycles. The minimum atomic E-state index is -1.25. The van der Waals surface area contributed by atoms with Crippen molar-refractivity contribution >= 4 is 11.7 Å². The minimum absolute atomic E-state index is 0.430. The Kier molecular flexibility index (Phi) is 4.97. The van der Waals surface area contributed by atoms with Crippen LogP contribution in [0, 0.1) is 13.8 Å². The molecule has 0 unspecified atom stereocenters. The summed E-state index contributed by atoms with van der Waals surface area (Å²) in [7, 11) is 3.08. The number of carbonyl (C=O) groups is 2. The predicted octanol–water partition coefficient (Wildman–Crippen LogP) is 1.75. The first-order valence-electron chi connectivity index (χ1n) is 7.61. The fourth-order valence-corrected chi connectivity index (χ4v) is 2.55. The second kappa shape index (κ2) is 6.78. The number of aromatic nitrogens is 2. The highest BCUT2D eigenvalue weighted by atomic mass is 16.2. The molecule has 0 saturated carbocycles. The molecular formula is C18H21N3O3. The van der Waals surface area contributed by atoms with Crippen molar-refractivity contribution in [2.45, 2.75) is 26.8 Å². The molecule has 0 aliphatic heterocycles. The maximum atomic E-state index is 12.3. The average molecular weight is 327 g/mol. The molecule has 0 fully saturated rings. The number of carbonyl (C=O) groups excluding carboxylic acids is 2. The van der Waals surface area contributed by atoms with E-state index in [4.69, 9.17) is 0 Å². The van der Waals surface area contributed by atoms with Crippen molar-refractivity contribution in [3.8, 4) is 11.3 Å². The summed E-state index contributed by atoms with van der Waals surface area (Å²) in [5.41, 5.74) is 3.04. The number of hydrogen-bond acceptors (Lipinski definition) is 4. The smallest absolute Gasteiger partial charge is 0.267 e. The molecular weight excluding hydrogens is 306 g/mol. The van der Waals surface area contributed by atoms with E-state index in [0.29, 0.717) is 5.69 Å². The first kappa shape index (κ1) is 17.6. The Labute approximate surface area is 140 Å². The second-order valence-corrected chi connectivity index (χ2v) is 6.07. The molecule has 24 heavy (non-hydrogen) atoms. The summed E-state index contributed by atoms with van der Waals surface area (Å²) >= 11 is 0. The molecule has 0 aliphatic carbocycles. The van der Waals surface area contributed by atoms with E-state index in [1.165, 1.54) is 32.0 Å². The minimum Gasteiger partial charge on any atom is -0.347 e. The third-order valence-electron chi connectivity index (χ3n) is 3.79. The van der Waals surface area contributed by atoms with Crippen LogP contribution in [0.3, 0.4) is 0 Å². The van der Waals surface area contributed by atoms with Crippen LogP contribution in [0.1, 0.15) is 24.1 Å². The standard InChI is InChI=1S/C18H21N3O3/c1-11-6-7-14(12(2)10-11)15-8-9-16(23)21(19-15)17(13(3)22)18(24)20(4)5/h6-10,17H,1-5H3/t17-/m1/s1. The van der Waals surface area contributed by atoms with Crippen molar-refractivity contribution in [2.75, 3.05) is 14.1 Å². The molecule has 0 radical (unpaired) electrons. The number of amides is 1. The normalized spacial score (nSPS) is 11.9. The van der Waals surface area contributed by atoms with E-state index in [1.807, 2.05) is 32.0 Å². The first-order valence-corrected chi connectivity index (χ1v) is 7.61. The van der Waals surface area contributed by atoms with E-state index < -0.39 is 23.3 Å². The van der Waals surface area contributed by atoms with E-state index in [-0.39, 0.29) is 0 Å². The topological polar surface area (TPSA) is 72.3 Å². The van der Waals surface area contributed by atoms with Gasteiger partial charge in [-0.3, -0.25) is 14.4 Å². The summed E-state index contributed by atoms with van der Waals surface area (Å²) in [6, 6.07) is 7.57. The van der Waals surface area contributed by atoms with E-state index in [2.05, 4.69) is 5.10 Å². The van der Waals surface area contributed by atoms with Gasteiger partial charge in [0, 0.05) is 25.7 Å². The number of aryl methyl sites for hydroxylation is 2. The van der Waals surface area contributed by atoms with Gasteiger partial charge in [0.15, 0.2) is 11.8 Å². The van der Waals surface area contributed by atoms with Crippen LogP contribution in [0.15, 0.2) is 35.1 Å². The Morgan fingerprint density at radius 1 is 1.12 bits per heavy atom. The number of rotatable bonds is 4. The largest absolute Gasteiger partial charge is 0.347 e. The monoisotopic (exact) mass is 327 g/mol. The van der Waals surface area contributed by atoms with Gasteiger partial charge in [0.2, 0.25) is 0 Å². The quantitative estimate of drug-likeness (QED) is 0.802. The number of nitrogens with zero attached hydrogens (tertiary/aromatic N) is 3. The van der Waals surface area contributed by atoms with E-state index in [9.17, 15) is 14.4 Å². The van der Waals surface area contributed by atoms with Gasteiger partial charge in [-0.25, -0.2) is 4.68 Å². The van der Waals surface area contributed by atoms with Crippen molar-refractivity contribution in [3.63, 3.8) is 0 Å². The Hall–Kier alpha value is -2.76. The van der Waals surface area contributed by atoms with Crippen molar-refractivity contribution in [3.05, 3.63) is 51.8 Å². The number of hydrogen-bond donors (Lipinski definition) is 0. The maximum Gasteiger partial charge on any atom is 0.267 e. The molecule has 0 spiro atoms. The predicted molar refractivity (Wildman–Crippen MR) is 91.8 cm³/mol. The van der Waals surface area contributed by atoms with Crippen LogP contribution in [0.2, 0.25) is 0 Å². The van der Waals surface area contributed by atoms with E-state index in [0.717, 1.165) is 21.4 Å². The van der Waals surface area contributed by atoms with Gasteiger partial charge >= 0.3 is 0 Å². The van der Waals surface area contributed by atoms with Gasteiger partial charge in [0.1, 0.15) is 0 Å². The number of benzene rings is 1. The van der Waals surface area contributed by atoms with Crippen LogP contribution in [0.4, 0.5) is 0 Å². The third-order valence-corrected chi connectivity index (χ3v) is 3.79. The van der Waals surface area contributed by atoms with Gasteiger partial charge in [-0.15, -0.1) is 0 Å². The van der Waals surface area contributed by atoms with Crippen molar-refractivity contribution in [1.82, 2.24) is 14.7 Å². The van der Waals surface area contributed by atoms with Crippen LogP contribution in [-0.4, -0.2) is 40.5 Å². The Bertz CT molecular complexity index is 853. The lowest BCUT2D eigenvalue weighted by Gasteiger charge is -2.20. The molecule has 1 atom stereocenters. The molecule has 2 aromatic rings. The van der Waals surface area contributed by atoms with Crippen LogP contribution < -0.4 is 5.56 Å². The molecule has 0 bridgehead atoms. The number of Topliss-reactive ketones (excluding diaryl/α,β-unsaturated/α-hetero) is 1. The first-order chi connectivity index (χ1) is 11.2. The van der Waals surface area contributed by atoms with Crippen LogP contribution in [-0.2, 0) is 9.59 Å². The van der Waals surface area contributed by atoms with Crippen LogP contribution in [0.5, 0.6) is 0 Å². The summed E-state index contributed by atoms with van der Waals surface area (Å²) in [5.74, 6) is -0.907. The molecule has 6 nitrogen and oxygen atoms in total. The molecule has 1 aromatic heterocycles. The summed E-state index contributed by atoms with van der Waals surface area (Å²) < 4.78 is 0.972. The summed E-state index contributed by atoms with van der Waals surface area (Å²) in [6.45, 7) is 5.23. The lowest BCUT2D eigenvalue weighted by molar-refractivity contribution is -0.138. The highest BCUT2D eigenvalue weighted by Gasteiger charge is 2.29. The molecule has 0 aliphatic rings. The molecule has 126 valence electrons. The number of ketones is 1. The van der Waals surface area contributed by atoms with Crippen molar-refractivity contribution < 1.29 is 9.59 Å². The summed E-state index contributed by atoms with van der Waals surface area (Å²) in [4.78, 5) is 37.7. The van der Waals surface area contributed by atoms with Gasteiger partial charge in [-0.1, -0.05) is 23.8 Å². The summed E-state index contributed by atoms with van der Waals surface area (Å²) in [6.07, 6.45) is 0. The summed E-state index contributed by atoms with van der Waals surface area (Å²) in [5, 5.41) is 4.29. The lowest BCUT2D eigenvalue weighted by atomic mass is 10.0. The number of likely N-dealkylation sites (N-methyl/N-ethyl adjacent to an activating group) is 1. The van der Waals surface area contributed by atoms with Gasteiger partial charge in [0.05, 0.1) is 5.69 Å². The Morgan fingerprint density at radius 3 is 2.33 bits per heavy atom. The van der Waals surface area contributed by atoms with E-state index in [1.54, 1.807) is 6.07 Å². The highest BCUT2D eigenvalue weighted by Crippen LogP contribution is 2.22. The highest BCUT2D eigenvalue weighted by molar-refractivity contribution is 6.02. The zero-order valence-corrected chi connectivity index (χ0v) is 14.5. The van der Waals surface area contributed by atoms with Gasteiger partial charge in [-0.2, -0.15) is 5.10 Å². The second-order valence-electron chi connectivity index (χ2n) is 6.07. The molecule has 0 N–H and O–H groups in total. The Morgan fingerprint density at radius 2 is 1.79 bits per heavy atom. The maximum absolute atomic E-state index is 12.3. The zero-order chi connectivity index (χ0) is 18.0. The van der Waals surface area contributed by atoms with Crippen LogP contribution >= 0.6 is 0 Å². The molecule has 1 amide bonds. The van der Waals surface area contributed by atoms with Crippen molar-refractivity contribution in [1.29, 1.82) is 0 Å². The zero-order valence-electron chi connectivity index (χ0n) is 14.5. The Balaban J connectivity index is 2.61. The van der Waals surface area contributed by atoms with Gasteiger partial charge in [-0.05, 0) is 32.4 Å². The fourth-order valence-electron chi connectivity index (χ4n) is 2.55. The van der Waals surface area contributed by atoms with Gasteiger partial charge < -0.3 is 4.90 Å². The van der Waals surface area contributed by atoms with E-state index >= 15 is 0 Å². The fraction of sp³-hybridized carbons (Fsp3) is 0.333. The third kappa shape index (κ3) is 3.42. The SMILES string of the molecule is CC(=O)[C@H](C(=O)N(C)C)n1nc(-c2ccc(C)cc2C)ccc1=O. The molecule has 0 saturated heterocycles. The van der Waals surface area contributed by atoms with Crippen LogP contribution in [0.25, 0.3) is 11.3 Å². The lowest BCUT2D eigenvalue weighted by Crippen LogP contribution is -2.41. The molecule has 1 heterocycles. The molecule has 6 heteroatoms. The molecule has 2 rings (SSSR count).